The van der Waals surface area contributed by atoms with E-state index in [-0.39, 0.29) is 24.6 Å². The van der Waals surface area contributed by atoms with Gasteiger partial charge < -0.3 is 18.9 Å². The van der Waals surface area contributed by atoms with Crippen LogP contribution in [0.15, 0.2) is 12.1 Å². The van der Waals surface area contributed by atoms with Crippen LogP contribution in [0.3, 0.4) is 0 Å². The standard InChI is InChI=1S/C29H50O5/c1-7-11-14-16-18-24(17-13-9-3)29(30)33-22-23-20-26(31-5)28(27(21-23)32-6)34-25(10-4)19-15-12-8-2/h20-21,24-25H,7-19,22H2,1-6H3. The molecule has 0 saturated carbocycles. The number of hydrogen-bond acceptors (Lipinski definition) is 5. The van der Waals surface area contributed by atoms with Crippen LogP contribution in [0.2, 0.25) is 0 Å². The minimum absolute atomic E-state index is 0.0170. The van der Waals surface area contributed by atoms with Gasteiger partial charge in [0.15, 0.2) is 11.5 Å². The van der Waals surface area contributed by atoms with Gasteiger partial charge in [-0.05, 0) is 49.8 Å². The monoisotopic (exact) mass is 478 g/mol. The molecule has 2 atom stereocenters. The fourth-order valence-corrected chi connectivity index (χ4v) is 4.19. The van der Waals surface area contributed by atoms with E-state index in [4.69, 9.17) is 18.9 Å². The predicted molar refractivity (Wildman–Crippen MR) is 140 cm³/mol. The van der Waals surface area contributed by atoms with Gasteiger partial charge in [-0.2, -0.15) is 0 Å². The highest BCUT2D eigenvalue weighted by atomic mass is 16.5. The fourth-order valence-electron chi connectivity index (χ4n) is 4.19. The first-order valence-electron chi connectivity index (χ1n) is 13.6. The molecule has 0 spiro atoms. The van der Waals surface area contributed by atoms with E-state index in [1.165, 1.54) is 32.1 Å². The molecule has 0 heterocycles. The number of benzene rings is 1. The highest BCUT2D eigenvalue weighted by molar-refractivity contribution is 5.72. The summed E-state index contributed by atoms with van der Waals surface area (Å²) < 4.78 is 23.4. The molecule has 5 nitrogen and oxygen atoms in total. The second-order valence-corrected chi connectivity index (χ2v) is 9.27. The number of ether oxygens (including phenoxy) is 4. The zero-order chi connectivity index (χ0) is 25.2. The number of esters is 1. The van der Waals surface area contributed by atoms with Crippen LogP contribution in [-0.4, -0.2) is 26.3 Å². The minimum atomic E-state index is -0.0924. The first-order chi connectivity index (χ1) is 16.5. The van der Waals surface area contributed by atoms with Crippen molar-refractivity contribution in [1.82, 2.24) is 0 Å². The number of unbranched alkanes of at least 4 members (excludes halogenated alkanes) is 6. The summed E-state index contributed by atoms with van der Waals surface area (Å²) >= 11 is 0. The smallest absolute Gasteiger partial charge is 0.309 e. The topological polar surface area (TPSA) is 54.0 Å². The van der Waals surface area contributed by atoms with E-state index in [2.05, 4.69) is 27.7 Å². The van der Waals surface area contributed by atoms with Gasteiger partial charge >= 0.3 is 5.97 Å². The van der Waals surface area contributed by atoms with Gasteiger partial charge in [-0.1, -0.05) is 79.1 Å². The molecule has 2 unspecified atom stereocenters. The van der Waals surface area contributed by atoms with Gasteiger partial charge in [0.2, 0.25) is 5.75 Å². The molecule has 0 N–H and O–H groups in total. The average molecular weight is 479 g/mol. The Morgan fingerprint density at radius 3 is 1.88 bits per heavy atom. The van der Waals surface area contributed by atoms with Crippen molar-refractivity contribution in [2.45, 2.75) is 124 Å². The van der Waals surface area contributed by atoms with Crippen LogP contribution in [-0.2, 0) is 16.1 Å². The summed E-state index contributed by atoms with van der Waals surface area (Å²) in [4.78, 5) is 12.9. The Kier molecular flexibility index (Phi) is 16.3. The molecule has 196 valence electrons. The molecular weight excluding hydrogens is 428 g/mol. The van der Waals surface area contributed by atoms with Crippen molar-refractivity contribution in [3.8, 4) is 17.2 Å². The summed E-state index contributed by atoms with van der Waals surface area (Å²) in [6.07, 6.45) is 14.2. The molecule has 34 heavy (non-hydrogen) atoms. The molecule has 1 rings (SSSR count). The first kappa shape index (κ1) is 30.1. The lowest BCUT2D eigenvalue weighted by atomic mass is 9.95. The van der Waals surface area contributed by atoms with Gasteiger partial charge in [-0.3, -0.25) is 4.79 Å². The SMILES string of the molecule is CCCCCCC(CCCC)C(=O)OCc1cc(OC)c(OC(CC)CCCCC)c(OC)c1. The third-order valence-electron chi connectivity index (χ3n) is 6.42. The van der Waals surface area contributed by atoms with Gasteiger partial charge in [0.05, 0.1) is 26.2 Å². The fraction of sp³-hybridized carbons (Fsp3) is 0.759. The molecule has 0 radical (unpaired) electrons. The Balaban J connectivity index is 2.87. The maximum Gasteiger partial charge on any atom is 0.309 e. The zero-order valence-electron chi connectivity index (χ0n) is 22.8. The van der Waals surface area contributed by atoms with Gasteiger partial charge in [0, 0.05) is 0 Å². The van der Waals surface area contributed by atoms with Crippen LogP contribution in [0.25, 0.3) is 0 Å². The van der Waals surface area contributed by atoms with Crippen molar-refractivity contribution in [2.75, 3.05) is 14.2 Å². The Hall–Kier alpha value is -1.91. The summed E-state index contributed by atoms with van der Waals surface area (Å²) in [6.45, 7) is 8.92. The quantitative estimate of drug-likeness (QED) is 0.139. The van der Waals surface area contributed by atoms with E-state index in [1.807, 2.05) is 12.1 Å². The molecule has 0 aliphatic rings. The van der Waals surface area contributed by atoms with Crippen molar-refractivity contribution in [1.29, 1.82) is 0 Å². The summed E-state index contributed by atoms with van der Waals surface area (Å²) in [5.74, 6) is 1.74. The molecule has 0 amide bonds. The largest absolute Gasteiger partial charge is 0.493 e. The number of carbonyl (C=O) groups is 1. The maximum absolute atomic E-state index is 12.9. The lowest BCUT2D eigenvalue weighted by molar-refractivity contribution is -0.150. The van der Waals surface area contributed by atoms with Crippen LogP contribution in [0, 0.1) is 5.92 Å². The summed E-state index contributed by atoms with van der Waals surface area (Å²) in [5, 5.41) is 0. The predicted octanol–water partition coefficient (Wildman–Crippen LogP) is 8.26. The minimum Gasteiger partial charge on any atom is -0.493 e. The third kappa shape index (κ3) is 11.0. The normalized spacial score (nSPS) is 12.8. The molecular formula is C29H50O5. The molecule has 5 heteroatoms. The van der Waals surface area contributed by atoms with Gasteiger partial charge in [0.25, 0.3) is 0 Å². The molecule has 0 aliphatic heterocycles. The summed E-state index contributed by atoms with van der Waals surface area (Å²) in [6, 6.07) is 3.79. The first-order valence-corrected chi connectivity index (χ1v) is 13.6. The number of carbonyl (C=O) groups excluding carboxylic acids is 1. The van der Waals surface area contributed by atoms with Crippen molar-refractivity contribution in [3.05, 3.63) is 17.7 Å². The van der Waals surface area contributed by atoms with Crippen molar-refractivity contribution >= 4 is 5.97 Å². The molecule has 0 bridgehead atoms. The average Bonchev–Trinajstić information content (AvgIpc) is 2.86. The number of methoxy groups -OCH3 is 2. The second-order valence-electron chi connectivity index (χ2n) is 9.27. The van der Waals surface area contributed by atoms with Crippen LogP contribution in [0.5, 0.6) is 17.2 Å². The maximum atomic E-state index is 12.9. The molecule has 0 fully saturated rings. The molecule has 0 aliphatic carbocycles. The van der Waals surface area contributed by atoms with E-state index in [1.54, 1.807) is 14.2 Å². The van der Waals surface area contributed by atoms with E-state index >= 15 is 0 Å². The lowest BCUT2D eigenvalue weighted by Crippen LogP contribution is -2.18. The Labute approximate surface area is 208 Å². The molecule has 0 saturated heterocycles. The summed E-state index contributed by atoms with van der Waals surface area (Å²) in [5.41, 5.74) is 0.841. The zero-order valence-corrected chi connectivity index (χ0v) is 22.8. The second kappa shape index (κ2) is 18.4. The van der Waals surface area contributed by atoms with E-state index in [0.29, 0.717) is 17.2 Å². The van der Waals surface area contributed by atoms with Crippen LogP contribution >= 0.6 is 0 Å². The molecule has 0 aromatic heterocycles. The van der Waals surface area contributed by atoms with Gasteiger partial charge in [0.1, 0.15) is 6.61 Å². The highest BCUT2D eigenvalue weighted by Crippen LogP contribution is 2.40. The van der Waals surface area contributed by atoms with Crippen molar-refractivity contribution in [3.63, 3.8) is 0 Å². The lowest BCUT2D eigenvalue weighted by Gasteiger charge is -2.22. The van der Waals surface area contributed by atoms with Crippen molar-refractivity contribution in [2.24, 2.45) is 5.92 Å². The van der Waals surface area contributed by atoms with Gasteiger partial charge in [-0.25, -0.2) is 0 Å². The Morgan fingerprint density at radius 1 is 0.765 bits per heavy atom. The van der Waals surface area contributed by atoms with Crippen LogP contribution < -0.4 is 14.2 Å². The highest BCUT2D eigenvalue weighted by Gasteiger charge is 2.21. The van der Waals surface area contributed by atoms with E-state index in [9.17, 15) is 4.79 Å². The Bertz CT molecular complexity index is 647. The number of hydrogen-bond donors (Lipinski definition) is 0. The number of rotatable bonds is 20. The molecule has 1 aromatic rings. The van der Waals surface area contributed by atoms with Gasteiger partial charge in [-0.15, -0.1) is 0 Å². The summed E-state index contributed by atoms with van der Waals surface area (Å²) in [7, 11) is 3.26. The van der Waals surface area contributed by atoms with Crippen LogP contribution in [0.1, 0.15) is 117 Å². The van der Waals surface area contributed by atoms with Crippen molar-refractivity contribution < 1.29 is 23.7 Å². The van der Waals surface area contributed by atoms with Crippen LogP contribution in [0.4, 0.5) is 0 Å². The van der Waals surface area contributed by atoms with E-state index in [0.717, 1.165) is 56.9 Å². The molecule has 1 aromatic carbocycles. The Morgan fingerprint density at radius 2 is 1.32 bits per heavy atom. The van der Waals surface area contributed by atoms with E-state index < -0.39 is 0 Å². The third-order valence-corrected chi connectivity index (χ3v) is 6.42.